The van der Waals surface area contributed by atoms with Gasteiger partial charge in [-0.15, -0.1) is 11.3 Å². The topological polar surface area (TPSA) is 77.0 Å². The summed E-state index contributed by atoms with van der Waals surface area (Å²) in [5, 5.41) is 3.17. The number of nitrogens with one attached hydrogen (secondary N) is 1. The first-order chi connectivity index (χ1) is 13.5. The van der Waals surface area contributed by atoms with E-state index in [1.165, 1.54) is 23.5 Å². The first kappa shape index (κ1) is 18.0. The number of anilines is 1. The van der Waals surface area contributed by atoms with E-state index < -0.39 is 5.82 Å². The van der Waals surface area contributed by atoms with Gasteiger partial charge in [-0.3, -0.25) is 4.79 Å². The molecule has 2 heterocycles. The van der Waals surface area contributed by atoms with Crippen LogP contribution in [0.5, 0.6) is 11.8 Å². The Kier molecular flexibility index (Phi) is 4.70. The number of rotatable bonds is 4. The number of carbonyl (C=O) groups is 1. The Morgan fingerprint density at radius 2 is 1.68 bits per heavy atom. The molecule has 0 unspecified atom stereocenters. The molecule has 2 aromatic heterocycles. The van der Waals surface area contributed by atoms with E-state index in [1.807, 2.05) is 24.3 Å². The zero-order valence-corrected chi connectivity index (χ0v) is 15.9. The summed E-state index contributed by atoms with van der Waals surface area (Å²) in [6, 6.07) is 13.6. The van der Waals surface area contributed by atoms with Gasteiger partial charge >= 0.3 is 6.01 Å². The lowest BCUT2D eigenvalue weighted by molar-refractivity contribution is 0.102. The minimum atomic E-state index is -0.505. The molecule has 140 valence electrons. The van der Waals surface area contributed by atoms with Crippen molar-refractivity contribution in [2.24, 2.45) is 0 Å². The van der Waals surface area contributed by atoms with Crippen molar-refractivity contribution in [2.45, 2.75) is 13.8 Å². The van der Waals surface area contributed by atoms with Crippen molar-refractivity contribution in [3.8, 4) is 11.8 Å². The number of ether oxygens (including phenoxy) is 1. The number of halogens is 1. The molecule has 0 spiro atoms. The Bertz CT molecular complexity index is 1140. The molecule has 0 aliphatic carbocycles. The molecule has 28 heavy (non-hydrogen) atoms. The molecule has 1 N–H and O–H groups in total. The third-order valence-electron chi connectivity index (χ3n) is 4.01. The van der Waals surface area contributed by atoms with Gasteiger partial charge in [0.05, 0.1) is 27.3 Å². The average molecular weight is 394 g/mol. The van der Waals surface area contributed by atoms with E-state index in [4.69, 9.17) is 4.74 Å². The smallest absolute Gasteiger partial charge is 0.322 e. The van der Waals surface area contributed by atoms with Crippen LogP contribution in [-0.2, 0) is 0 Å². The predicted molar refractivity (Wildman–Crippen MR) is 106 cm³/mol. The van der Waals surface area contributed by atoms with Gasteiger partial charge in [0.25, 0.3) is 5.91 Å². The molecule has 0 saturated heterocycles. The van der Waals surface area contributed by atoms with E-state index in [1.54, 1.807) is 26.0 Å². The highest BCUT2D eigenvalue weighted by Crippen LogP contribution is 2.27. The summed E-state index contributed by atoms with van der Waals surface area (Å²) in [5.41, 5.74) is 2.27. The molecule has 0 aliphatic rings. The highest BCUT2D eigenvalue weighted by Gasteiger charge is 2.17. The molecule has 1 amide bonds. The van der Waals surface area contributed by atoms with Gasteiger partial charge in [0.1, 0.15) is 0 Å². The summed E-state index contributed by atoms with van der Waals surface area (Å²) < 4.78 is 20.1. The largest absolute Gasteiger partial charge is 0.421 e. The Balaban J connectivity index is 1.58. The Morgan fingerprint density at radius 1 is 1.00 bits per heavy atom. The van der Waals surface area contributed by atoms with Gasteiger partial charge in [-0.05, 0) is 38.1 Å². The summed E-state index contributed by atoms with van der Waals surface area (Å²) >= 11 is 1.31. The SMILES string of the molecule is Cc1nc(Oc2ccccc2F)nc(C)c1NC(=O)c1nc2ccccc2s1. The quantitative estimate of drug-likeness (QED) is 0.533. The summed E-state index contributed by atoms with van der Waals surface area (Å²) in [5.74, 6) is -0.805. The van der Waals surface area contributed by atoms with Crippen molar-refractivity contribution in [1.82, 2.24) is 15.0 Å². The molecular weight excluding hydrogens is 379 g/mol. The van der Waals surface area contributed by atoms with Crippen molar-refractivity contribution in [3.63, 3.8) is 0 Å². The highest BCUT2D eigenvalue weighted by atomic mass is 32.1. The van der Waals surface area contributed by atoms with Crippen LogP contribution in [0.1, 0.15) is 21.2 Å². The molecule has 6 nitrogen and oxygen atoms in total. The molecule has 8 heteroatoms. The van der Waals surface area contributed by atoms with E-state index in [2.05, 4.69) is 20.3 Å². The maximum absolute atomic E-state index is 13.8. The van der Waals surface area contributed by atoms with Gasteiger partial charge < -0.3 is 10.1 Å². The first-order valence-corrected chi connectivity index (χ1v) is 9.27. The van der Waals surface area contributed by atoms with Crippen LogP contribution in [0.4, 0.5) is 10.1 Å². The number of amides is 1. The third-order valence-corrected chi connectivity index (χ3v) is 5.05. The monoisotopic (exact) mass is 394 g/mol. The fourth-order valence-electron chi connectivity index (χ4n) is 2.67. The second-order valence-corrected chi connectivity index (χ2v) is 7.06. The Hall–Kier alpha value is -3.39. The number of hydrogen-bond acceptors (Lipinski definition) is 6. The highest BCUT2D eigenvalue weighted by molar-refractivity contribution is 7.20. The van der Waals surface area contributed by atoms with E-state index in [0.29, 0.717) is 22.1 Å². The number of thiazole rings is 1. The second-order valence-electron chi connectivity index (χ2n) is 6.03. The fourth-order valence-corrected chi connectivity index (χ4v) is 3.54. The van der Waals surface area contributed by atoms with Crippen molar-refractivity contribution >= 4 is 33.1 Å². The normalized spacial score (nSPS) is 10.8. The number of carbonyl (C=O) groups excluding carboxylic acids is 1. The van der Waals surface area contributed by atoms with E-state index in [0.717, 1.165) is 10.2 Å². The summed E-state index contributed by atoms with van der Waals surface area (Å²) in [7, 11) is 0. The number of para-hydroxylation sites is 2. The number of nitrogens with zero attached hydrogens (tertiary/aromatic N) is 3. The summed E-state index contributed by atoms with van der Waals surface area (Å²) in [6.45, 7) is 3.44. The lowest BCUT2D eigenvalue weighted by Crippen LogP contribution is -2.15. The van der Waals surface area contributed by atoms with Gasteiger partial charge in [-0.1, -0.05) is 24.3 Å². The average Bonchev–Trinajstić information content (AvgIpc) is 3.11. The third kappa shape index (κ3) is 3.54. The van der Waals surface area contributed by atoms with Crippen LogP contribution in [0.2, 0.25) is 0 Å². The minimum Gasteiger partial charge on any atom is -0.421 e. The van der Waals surface area contributed by atoms with Gasteiger partial charge in [0.15, 0.2) is 16.6 Å². The molecule has 4 aromatic rings. The zero-order chi connectivity index (χ0) is 19.7. The number of fused-ring (bicyclic) bond motifs is 1. The predicted octanol–water partition coefficient (Wildman–Crippen LogP) is 4.89. The number of aryl methyl sites for hydroxylation is 2. The van der Waals surface area contributed by atoms with Crippen LogP contribution in [0.25, 0.3) is 10.2 Å². The van der Waals surface area contributed by atoms with E-state index in [9.17, 15) is 9.18 Å². The molecule has 0 fully saturated rings. The van der Waals surface area contributed by atoms with Crippen LogP contribution in [0.3, 0.4) is 0 Å². The molecule has 4 rings (SSSR count). The number of aromatic nitrogens is 3. The lowest BCUT2D eigenvalue weighted by Gasteiger charge is -2.12. The first-order valence-electron chi connectivity index (χ1n) is 8.46. The molecule has 0 radical (unpaired) electrons. The number of hydrogen-bond donors (Lipinski definition) is 1. The van der Waals surface area contributed by atoms with Gasteiger partial charge in [0, 0.05) is 0 Å². The fraction of sp³-hybridized carbons (Fsp3) is 0.100. The molecule has 0 atom stereocenters. The standard InChI is InChI=1S/C20H15FN4O2S/c1-11-17(25-18(26)19-24-14-8-4-6-10-16(14)28-19)12(2)23-20(22-11)27-15-9-5-3-7-13(15)21/h3-10H,1-2H3,(H,25,26). The Labute approximate surface area is 164 Å². The number of benzene rings is 2. The van der Waals surface area contributed by atoms with E-state index in [-0.39, 0.29) is 17.7 Å². The van der Waals surface area contributed by atoms with Crippen LogP contribution in [0.15, 0.2) is 48.5 Å². The van der Waals surface area contributed by atoms with E-state index >= 15 is 0 Å². The van der Waals surface area contributed by atoms with Crippen molar-refractivity contribution in [3.05, 3.63) is 70.7 Å². The molecule has 0 bridgehead atoms. The Morgan fingerprint density at radius 3 is 2.39 bits per heavy atom. The zero-order valence-electron chi connectivity index (χ0n) is 15.1. The minimum absolute atomic E-state index is 0.0121. The summed E-state index contributed by atoms with van der Waals surface area (Å²) in [6.07, 6.45) is 0. The van der Waals surface area contributed by atoms with Crippen LogP contribution >= 0.6 is 11.3 Å². The van der Waals surface area contributed by atoms with Crippen molar-refractivity contribution in [2.75, 3.05) is 5.32 Å². The molecule has 2 aromatic carbocycles. The van der Waals surface area contributed by atoms with Gasteiger partial charge in [-0.2, -0.15) is 9.97 Å². The molecular formula is C20H15FN4O2S. The van der Waals surface area contributed by atoms with Crippen LogP contribution < -0.4 is 10.1 Å². The van der Waals surface area contributed by atoms with Gasteiger partial charge in [0.2, 0.25) is 0 Å². The lowest BCUT2D eigenvalue weighted by atomic mass is 10.3. The maximum atomic E-state index is 13.8. The second kappa shape index (κ2) is 7.32. The molecule has 0 saturated carbocycles. The summed E-state index contributed by atoms with van der Waals surface area (Å²) in [4.78, 5) is 25.4. The maximum Gasteiger partial charge on any atom is 0.322 e. The van der Waals surface area contributed by atoms with Crippen LogP contribution in [0, 0.1) is 19.7 Å². The van der Waals surface area contributed by atoms with Crippen molar-refractivity contribution in [1.29, 1.82) is 0 Å². The van der Waals surface area contributed by atoms with Crippen LogP contribution in [-0.4, -0.2) is 20.9 Å². The van der Waals surface area contributed by atoms with Gasteiger partial charge in [-0.25, -0.2) is 9.37 Å². The molecule has 0 aliphatic heterocycles. The van der Waals surface area contributed by atoms with Crippen molar-refractivity contribution < 1.29 is 13.9 Å².